The Morgan fingerprint density at radius 2 is 1.95 bits per heavy atom. The van der Waals surface area contributed by atoms with Crippen LogP contribution in [0.3, 0.4) is 0 Å². The lowest BCUT2D eigenvalue weighted by molar-refractivity contribution is -0.151. The summed E-state index contributed by atoms with van der Waals surface area (Å²) in [6.07, 6.45) is 0.581. The van der Waals surface area contributed by atoms with E-state index in [0.717, 1.165) is 6.07 Å². The maximum atomic E-state index is 13.0. The maximum Gasteiger partial charge on any atom is 0.310 e. The zero-order valence-electron chi connectivity index (χ0n) is 11.4. The lowest BCUT2D eigenvalue weighted by Crippen LogP contribution is -2.34. The molecular weight excluding hydrogens is 285 g/mol. The van der Waals surface area contributed by atoms with Crippen molar-refractivity contribution in [2.24, 2.45) is 5.41 Å². The highest BCUT2D eigenvalue weighted by molar-refractivity contribution is 6.31. The number of rotatable bonds is 6. The number of carbonyl (C=O) groups is 2. The predicted molar refractivity (Wildman–Crippen MR) is 75.3 cm³/mol. The Bertz CT molecular complexity index is 515. The summed E-state index contributed by atoms with van der Waals surface area (Å²) in [6.45, 7) is 3.47. The van der Waals surface area contributed by atoms with Crippen molar-refractivity contribution in [1.29, 1.82) is 0 Å². The van der Waals surface area contributed by atoms with Gasteiger partial charge in [0, 0.05) is 12.1 Å². The van der Waals surface area contributed by atoms with E-state index in [1.165, 1.54) is 12.1 Å². The van der Waals surface area contributed by atoms with Gasteiger partial charge in [-0.2, -0.15) is 0 Å². The van der Waals surface area contributed by atoms with Gasteiger partial charge in [0.1, 0.15) is 5.82 Å². The molecule has 20 heavy (non-hydrogen) atoms. The van der Waals surface area contributed by atoms with Gasteiger partial charge in [-0.25, -0.2) is 4.39 Å². The molecule has 0 saturated heterocycles. The number of hydrogen-bond donors (Lipinski definition) is 2. The van der Waals surface area contributed by atoms with Crippen molar-refractivity contribution in [2.75, 3.05) is 5.32 Å². The lowest BCUT2D eigenvalue weighted by Gasteiger charge is -2.25. The van der Waals surface area contributed by atoms with E-state index in [1.54, 1.807) is 13.8 Å². The topological polar surface area (TPSA) is 66.4 Å². The van der Waals surface area contributed by atoms with Crippen molar-refractivity contribution in [1.82, 2.24) is 0 Å². The predicted octanol–water partition coefficient (Wildman–Crippen LogP) is 3.70. The highest BCUT2D eigenvalue weighted by Gasteiger charge is 2.37. The van der Waals surface area contributed by atoms with Crippen LogP contribution in [0.2, 0.25) is 5.02 Å². The molecule has 1 aromatic rings. The van der Waals surface area contributed by atoms with Crippen LogP contribution < -0.4 is 5.32 Å². The van der Waals surface area contributed by atoms with Crippen molar-refractivity contribution in [3.63, 3.8) is 0 Å². The van der Waals surface area contributed by atoms with E-state index in [2.05, 4.69) is 5.32 Å². The Balaban J connectivity index is 2.80. The minimum absolute atomic E-state index is 0.0988. The first kappa shape index (κ1) is 16.4. The van der Waals surface area contributed by atoms with Crippen LogP contribution >= 0.6 is 11.6 Å². The van der Waals surface area contributed by atoms with E-state index in [0.29, 0.717) is 18.5 Å². The molecule has 1 amide bonds. The fourth-order valence-corrected chi connectivity index (χ4v) is 2.15. The third-order valence-corrected chi connectivity index (χ3v) is 3.80. The fourth-order valence-electron chi connectivity index (χ4n) is 1.96. The normalized spacial score (nSPS) is 11.2. The Kier molecular flexibility index (Phi) is 5.51. The molecule has 0 radical (unpaired) electrons. The monoisotopic (exact) mass is 301 g/mol. The fraction of sp³-hybridized carbons (Fsp3) is 0.429. The molecule has 0 aliphatic carbocycles. The van der Waals surface area contributed by atoms with Gasteiger partial charge in [-0.3, -0.25) is 9.59 Å². The standard InChI is InChI=1S/C14H17ClFNO3/c1-3-14(4-2,13(19)20)8-12(18)17-9-5-6-11(16)10(15)7-9/h5-7H,3-4,8H2,1-2H3,(H,17,18)(H,19,20). The molecular formula is C14H17ClFNO3. The summed E-state index contributed by atoms with van der Waals surface area (Å²) < 4.78 is 13.0. The van der Waals surface area contributed by atoms with Crippen molar-refractivity contribution in [3.05, 3.63) is 29.0 Å². The summed E-state index contributed by atoms with van der Waals surface area (Å²) in [5.41, 5.74) is -0.735. The van der Waals surface area contributed by atoms with Crippen LogP contribution in [0.4, 0.5) is 10.1 Å². The summed E-state index contributed by atoms with van der Waals surface area (Å²) in [5, 5.41) is 11.7. The zero-order chi connectivity index (χ0) is 15.3. The first-order valence-electron chi connectivity index (χ1n) is 6.33. The van der Waals surface area contributed by atoms with Gasteiger partial charge in [-0.15, -0.1) is 0 Å². The number of carboxylic acids is 1. The molecule has 0 aromatic heterocycles. The minimum atomic E-state index is -1.08. The van der Waals surface area contributed by atoms with Gasteiger partial charge in [-0.1, -0.05) is 25.4 Å². The SMILES string of the molecule is CCC(CC)(CC(=O)Nc1ccc(F)c(Cl)c1)C(=O)O. The van der Waals surface area contributed by atoms with E-state index < -0.39 is 23.1 Å². The molecule has 0 heterocycles. The van der Waals surface area contributed by atoms with Gasteiger partial charge in [0.25, 0.3) is 0 Å². The number of anilines is 1. The van der Waals surface area contributed by atoms with E-state index in [-0.39, 0.29) is 11.4 Å². The van der Waals surface area contributed by atoms with Gasteiger partial charge in [0.15, 0.2) is 0 Å². The Morgan fingerprint density at radius 1 is 1.35 bits per heavy atom. The summed E-state index contributed by atoms with van der Waals surface area (Å²) in [5.74, 6) is -2.00. The number of carboxylic acid groups (broad SMARTS) is 1. The minimum Gasteiger partial charge on any atom is -0.481 e. The third kappa shape index (κ3) is 3.70. The molecule has 0 spiro atoms. The number of halogens is 2. The summed E-state index contributed by atoms with van der Waals surface area (Å²) in [4.78, 5) is 23.3. The molecule has 0 unspecified atom stereocenters. The third-order valence-electron chi connectivity index (χ3n) is 3.51. The number of aliphatic carboxylic acids is 1. The van der Waals surface area contributed by atoms with Crippen molar-refractivity contribution in [3.8, 4) is 0 Å². The van der Waals surface area contributed by atoms with Crippen LogP contribution in [-0.2, 0) is 9.59 Å². The van der Waals surface area contributed by atoms with Crippen LogP contribution in [0.25, 0.3) is 0 Å². The molecule has 0 aliphatic rings. The molecule has 0 bridgehead atoms. The van der Waals surface area contributed by atoms with E-state index in [4.69, 9.17) is 11.6 Å². The molecule has 1 aromatic carbocycles. The van der Waals surface area contributed by atoms with Gasteiger partial charge >= 0.3 is 5.97 Å². The second-order valence-corrected chi connectivity index (χ2v) is 5.05. The number of nitrogens with one attached hydrogen (secondary N) is 1. The van der Waals surface area contributed by atoms with Crippen LogP contribution in [0.1, 0.15) is 33.1 Å². The molecule has 6 heteroatoms. The van der Waals surface area contributed by atoms with Crippen molar-refractivity contribution >= 4 is 29.2 Å². The molecule has 0 saturated carbocycles. The average molecular weight is 302 g/mol. The largest absolute Gasteiger partial charge is 0.481 e. The summed E-state index contributed by atoms with van der Waals surface area (Å²) >= 11 is 5.61. The molecule has 0 aliphatic heterocycles. The van der Waals surface area contributed by atoms with Gasteiger partial charge in [-0.05, 0) is 31.0 Å². The van der Waals surface area contributed by atoms with Crippen molar-refractivity contribution in [2.45, 2.75) is 33.1 Å². The smallest absolute Gasteiger partial charge is 0.310 e. The molecule has 2 N–H and O–H groups in total. The van der Waals surface area contributed by atoms with Crippen LogP contribution in [0.15, 0.2) is 18.2 Å². The molecule has 0 fully saturated rings. The second kappa shape index (κ2) is 6.70. The zero-order valence-corrected chi connectivity index (χ0v) is 12.1. The number of amides is 1. The molecule has 110 valence electrons. The Hall–Kier alpha value is -1.62. The Morgan fingerprint density at radius 3 is 2.40 bits per heavy atom. The van der Waals surface area contributed by atoms with E-state index in [1.807, 2.05) is 0 Å². The van der Waals surface area contributed by atoms with Crippen LogP contribution in [-0.4, -0.2) is 17.0 Å². The van der Waals surface area contributed by atoms with E-state index >= 15 is 0 Å². The number of hydrogen-bond acceptors (Lipinski definition) is 2. The van der Waals surface area contributed by atoms with E-state index in [9.17, 15) is 19.1 Å². The first-order valence-corrected chi connectivity index (χ1v) is 6.70. The second-order valence-electron chi connectivity index (χ2n) is 4.65. The molecule has 0 atom stereocenters. The Labute approximate surface area is 121 Å². The van der Waals surface area contributed by atoms with Gasteiger partial charge < -0.3 is 10.4 Å². The summed E-state index contributed by atoms with van der Waals surface area (Å²) in [6, 6.07) is 3.80. The van der Waals surface area contributed by atoms with Crippen molar-refractivity contribution < 1.29 is 19.1 Å². The lowest BCUT2D eigenvalue weighted by atomic mass is 9.79. The highest BCUT2D eigenvalue weighted by atomic mass is 35.5. The first-order chi connectivity index (χ1) is 9.34. The molecule has 1 rings (SSSR count). The maximum absolute atomic E-state index is 13.0. The average Bonchev–Trinajstić information content (AvgIpc) is 2.40. The highest BCUT2D eigenvalue weighted by Crippen LogP contribution is 2.31. The summed E-state index contributed by atoms with van der Waals surface area (Å²) in [7, 11) is 0. The van der Waals surface area contributed by atoms with Gasteiger partial charge in [0.05, 0.1) is 10.4 Å². The van der Waals surface area contributed by atoms with Gasteiger partial charge in [0.2, 0.25) is 5.91 Å². The number of carbonyl (C=O) groups excluding carboxylic acids is 1. The van der Waals surface area contributed by atoms with Crippen LogP contribution in [0, 0.1) is 11.2 Å². The molecule has 4 nitrogen and oxygen atoms in total. The number of benzene rings is 1. The van der Waals surface area contributed by atoms with Crippen LogP contribution in [0.5, 0.6) is 0 Å². The quantitative estimate of drug-likeness (QED) is 0.842.